The smallest absolute Gasteiger partial charge is 0.252 e. The first kappa shape index (κ1) is 14.9. The van der Waals surface area contributed by atoms with Crippen LogP contribution in [0.2, 0.25) is 0 Å². The number of hydrazine groups is 1. The number of carbonyl (C=O) groups is 2. The number of nitrogens with zero attached hydrogens (tertiary/aromatic N) is 1. The third kappa shape index (κ3) is 4.27. The van der Waals surface area contributed by atoms with E-state index in [-0.39, 0.29) is 11.8 Å². The van der Waals surface area contributed by atoms with Gasteiger partial charge in [0.15, 0.2) is 0 Å². The van der Waals surface area contributed by atoms with Crippen molar-refractivity contribution in [2.75, 3.05) is 19.6 Å². The van der Waals surface area contributed by atoms with Crippen LogP contribution in [0.3, 0.4) is 0 Å². The molecule has 1 aliphatic rings. The number of hydrogen-bond acceptors (Lipinski definition) is 4. The van der Waals surface area contributed by atoms with E-state index in [0.29, 0.717) is 25.0 Å². The van der Waals surface area contributed by atoms with Crippen LogP contribution in [-0.2, 0) is 9.59 Å². The van der Waals surface area contributed by atoms with Crippen LogP contribution < -0.4 is 16.6 Å². The maximum absolute atomic E-state index is 11.7. The number of likely N-dealkylation sites (N-methyl/N-ethyl adjacent to an activating group) is 1. The second-order valence-electron chi connectivity index (χ2n) is 4.79. The zero-order valence-electron chi connectivity index (χ0n) is 11.2. The maximum atomic E-state index is 11.7. The van der Waals surface area contributed by atoms with E-state index in [9.17, 15) is 9.59 Å². The minimum Gasteiger partial charge on any atom is -0.330 e. The van der Waals surface area contributed by atoms with Gasteiger partial charge in [0.1, 0.15) is 0 Å². The van der Waals surface area contributed by atoms with Gasteiger partial charge in [-0.15, -0.1) is 0 Å². The van der Waals surface area contributed by atoms with Gasteiger partial charge >= 0.3 is 0 Å². The van der Waals surface area contributed by atoms with E-state index in [0.717, 1.165) is 19.4 Å². The first-order chi connectivity index (χ1) is 8.58. The van der Waals surface area contributed by atoms with Gasteiger partial charge in [-0.25, -0.2) is 0 Å². The predicted molar refractivity (Wildman–Crippen MR) is 69.4 cm³/mol. The van der Waals surface area contributed by atoms with Crippen molar-refractivity contribution in [2.24, 2.45) is 11.7 Å². The fourth-order valence-corrected chi connectivity index (χ4v) is 2.62. The summed E-state index contributed by atoms with van der Waals surface area (Å²) in [7, 11) is 0. The van der Waals surface area contributed by atoms with Gasteiger partial charge in [0.25, 0.3) is 5.91 Å². The van der Waals surface area contributed by atoms with Crippen LogP contribution in [0.1, 0.15) is 33.1 Å². The molecule has 0 aliphatic heterocycles. The molecule has 0 aromatic rings. The van der Waals surface area contributed by atoms with Crippen LogP contribution in [0.15, 0.2) is 0 Å². The lowest BCUT2D eigenvalue weighted by atomic mass is 10.0. The molecule has 0 aromatic heterocycles. The number of hydrogen-bond donors (Lipinski definition) is 3. The van der Waals surface area contributed by atoms with Crippen molar-refractivity contribution in [3.8, 4) is 0 Å². The Labute approximate surface area is 108 Å². The minimum absolute atomic E-state index is 0.185. The molecule has 6 heteroatoms. The van der Waals surface area contributed by atoms with Crippen LogP contribution in [0.5, 0.6) is 0 Å². The van der Waals surface area contributed by atoms with E-state index in [1.54, 1.807) is 0 Å². The Bertz CT molecular complexity index is 296. The van der Waals surface area contributed by atoms with Crippen molar-refractivity contribution < 1.29 is 9.59 Å². The highest BCUT2D eigenvalue weighted by atomic mass is 16.2. The fraction of sp³-hybridized carbons (Fsp3) is 0.833. The Morgan fingerprint density at radius 3 is 2.61 bits per heavy atom. The summed E-state index contributed by atoms with van der Waals surface area (Å²) in [4.78, 5) is 24.5. The minimum atomic E-state index is -0.271. The van der Waals surface area contributed by atoms with E-state index in [1.807, 2.05) is 6.92 Å². The lowest BCUT2D eigenvalue weighted by molar-refractivity contribution is -0.129. The quantitative estimate of drug-likeness (QED) is 0.584. The Hall–Kier alpha value is -1.14. The van der Waals surface area contributed by atoms with Gasteiger partial charge in [-0.2, -0.15) is 0 Å². The number of nitrogens with one attached hydrogen (secondary N) is 2. The predicted octanol–water partition coefficient (Wildman–Crippen LogP) is -0.397. The van der Waals surface area contributed by atoms with Crippen molar-refractivity contribution in [1.29, 1.82) is 0 Å². The van der Waals surface area contributed by atoms with Crippen LogP contribution in [-0.4, -0.2) is 42.4 Å². The van der Waals surface area contributed by atoms with Crippen molar-refractivity contribution in [2.45, 2.75) is 39.2 Å². The molecule has 1 rings (SSSR count). The molecular formula is C12H24N4O2. The second kappa shape index (κ2) is 7.33. The third-order valence-electron chi connectivity index (χ3n) is 3.52. The van der Waals surface area contributed by atoms with Gasteiger partial charge in [0.2, 0.25) is 5.91 Å². The van der Waals surface area contributed by atoms with Crippen LogP contribution >= 0.6 is 0 Å². The molecule has 4 N–H and O–H groups in total. The van der Waals surface area contributed by atoms with Crippen molar-refractivity contribution >= 4 is 11.8 Å². The van der Waals surface area contributed by atoms with Gasteiger partial charge in [-0.05, 0) is 31.8 Å². The van der Waals surface area contributed by atoms with E-state index >= 15 is 0 Å². The number of amides is 2. The summed E-state index contributed by atoms with van der Waals surface area (Å²) < 4.78 is 0. The summed E-state index contributed by atoms with van der Waals surface area (Å²) in [5.74, 6) is 0.0281. The zero-order chi connectivity index (χ0) is 13.5. The maximum Gasteiger partial charge on any atom is 0.252 e. The summed E-state index contributed by atoms with van der Waals surface area (Å²) in [6.45, 7) is 5.19. The summed E-state index contributed by atoms with van der Waals surface area (Å²) in [6, 6.07) is 0.392. The fourth-order valence-electron chi connectivity index (χ4n) is 2.62. The standard InChI is InChI=1S/C12H24N4O2/c1-3-16(8-12(18)15-14-9(2)17)11-6-4-5-10(11)7-13/h10-11H,3-8,13H2,1-2H3,(H,14,17)(H,15,18). The molecule has 0 saturated heterocycles. The van der Waals surface area contributed by atoms with Crippen LogP contribution in [0, 0.1) is 5.92 Å². The molecule has 0 radical (unpaired) electrons. The largest absolute Gasteiger partial charge is 0.330 e. The monoisotopic (exact) mass is 256 g/mol. The Morgan fingerprint density at radius 1 is 1.33 bits per heavy atom. The first-order valence-electron chi connectivity index (χ1n) is 6.58. The Balaban J connectivity index is 2.45. The van der Waals surface area contributed by atoms with Gasteiger partial charge < -0.3 is 5.73 Å². The van der Waals surface area contributed by atoms with E-state index in [1.165, 1.54) is 13.3 Å². The van der Waals surface area contributed by atoms with E-state index in [2.05, 4.69) is 15.8 Å². The lowest BCUT2D eigenvalue weighted by Crippen LogP contribution is -2.49. The first-order valence-corrected chi connectivity index (χ1v) is 6.58. The molecule has 1 saturated carbocycles. The molecule has 2 amide bonds. The summed E-state index contributed by atoms with van der Waals surface area (Å²) in [6.07, 6.45) is 3.42. The SMILES string of the molecule is CCN(CC(=O)NNC(C)=O)C1CCCC1CN. The molecule has 0 heterocycles. The molecule has 1 fully saturated rings. The molecule has 0 bridgehead atoms. The van der Waals surface area contributed by atoms with E-state index in [4.69, 9.17) is 5.73 Å². The summed E-state index contributed by atoms with van der Waals surface area (Å²) in [5, 5.41) is 0. The van der Waals surface area contributed by atoms with Crippen LogP contribution in [0.4, 0.5) is 0 Å². The molecule has 2 atom stereocenters. The molecule has 2 unspecified atom stereocenters. The topological polar surface area (TPSA) is 87.5 Å². The summed E-state index contributed by atoms with van der Waals surface area (Å²) in [5.41, 5.74) is 10.5. The van der Waals surface area contributed by atoms with Crippen molar-refractivity contribution in [3.05, 3.63) is 0 Å². The number of nitrogens with two attached hydrogens (primary N) is 1. The second-order valence-corrected chi connectivity index (χ2v) is 4.79. The van der Waals surface area contributed by atoms with Crippen LogP contribution in [0.25, 0.3) is 0 Å². The molecule has 0 aromatic carbocycles. The Kier molecular flexibility index (Phi) is 6.07. The highest BCUT2D eigenvalue weighted by Gasteiger charge is 2.31. The molecule has 18 heavy (non-hydrogen) atoms. The van der Waals surface area contributed by atoms with Crippen molar-refractivity contribution in [1.82, 2.24) is 15.8 Å². The molecule has 104 valence electrons. The van der Waals surface area contributed by atoms with Gasteiger partial charge in [0.05, 0.1) is 6.54 Å². The summed E-state index contributed by atoms with van der Waals surface area (Å²) >= 11 is 0. The highest BCUT2D eigenvalue weighted by Crippen LogP contribution is 2.28. The highest BCUT2D eigenvalue weighted by molar-refractivity contribution is 5.81. The average molecular weight is 256 g/mol. The third-order valence-corrected chi connectivity index (χ3v) is 3.52. The molecule has 1 aliphatic carbocycles. The molecule has 0 spiro atoms. The van der Waals surface area contributed by atoms with Crippen molar-refractivity contribution in [3.63, 3.8) is 0 Å². The molecule has 6 nitrogen and oxygen atoms in total. The van der Waals surface area contributed by atoms with Gasteiger partial charge in [-0.1, -0.05) is 13.3 Å². The average Bonchev–Trinajstić information content (AvgIpc) is 2.81. The van der Waals surface area contributed by atoms with E-state index < -0.39 is 0 Å². The normalized spacial score (nSPS) is 23.1. The number of carbonyl (C=O) groups excluding carboxylic acids is 2. The lowest BCUT2D eigenvalue weighted by Gasteiger charge is -2.31. The van der Waals surface area contributed by atoms with Gasteiger partial charge in [-0.3, -0.25) is 25.3 Å². The molecular weight excluding hydrogens is 232 g/mol. The van der Waals surface area contributed by atoms with Gasteiger partial charge in [0, 0.05) is 13.0 Å². The number of rotatable bonds is 5. The zero-order valence-corrected chi connectivity index (χ0v) is 11.2. The Morgan fingerprint density at radius 2 is 2.06 bits per heavy atom.